The zero-order valence-electron chi connectivity index (χ0n) is 16.2. The summed E-state index contributed by atoms with van der Waals surface area (Å²) in [5.41, 5.74) is 6.20. The number of rotatable bonds is 4. The first-order valence-corrected chi connectivity index (χ1v) is 9.29. The molecule has 138 valence electrons. The lowest BCUT2D eigenvalue weighted by Crippen LogP contribution is -2.48. The standard InChI is InChI=1S/C21H28N4O/c1-5-24-6-8-25(9-7-24)21(26)18-12-19(14-22-13-18)23-20-16(3)10-15(2)11-17(20)4/h10-14,23H,5-9H2,1-4H3. The highest BCUT2D eigenvalue weighted by Crippen LogP contribution is 2.26. The number of carbonyl (C=O) groups is 1. The molecule has 1 fully saturated rings. The molecule has 1 aliphatic rings. The fraction of sp³-hybridized carbons (Fsp3) is 0.429. The Bertz CT molecular complexity index is 771. The van der Waals surface area contributed by atoms with Gasteiger partial charge in [0.15, 0.2) is 0 Å². The summed E-state index contributed by atoms with van der Waals surface area (Å²) in [6, 6.07) is 6.22. The summed E-state index contributed by atoms with van der Waals surface area (Å²) in [5.74, 6) is 0.0641. The second kappa shape index (κ2) is 7.87. The third-order valence-electron chi connectivity index (χ3n) is 5.04. The number of aromatic nitrogens is 1. The van der Waals surface area contributed by atoms with Crippen molar-refractivity contribution in [3.8, 4) is 0 Å². The predicted molar refractivity (Wildman–Crippen MR) is 106 cm³/mol. The highest BCUT2D eigenvalue weighted by atomic mass is 16.2. The molecule has 0 bridgehead atoms. The molecule has 1 amide bonds. The molecule has 5 nitrogen and oxygen atoms in total. The Balaban J connectivity index is 1.76. The van der Waals surface area contributed by atoms with Gasteiger partial charge >= 0.3 is 0 Å². The van der Waals surface area contributed by atoms with Gasteiger partial charge in [-0.25, -0.2) is 0 Å². The largest absolute Gasteiger partial charge is 0.354 e. The van der Waals surface area contributed by atoms with Gasteiger partial charge in [0.2, 0.25) is 0 Å². The fourth-order valence-corrected chi connectivity index (χ4v) is 3.60. The summed E-state index contributed by atoms with van der Waals surface area (Å²) in [6.45, 7) is 12.9. The number of anilines is 2. The van der Waals surface area contributed by atoms with E-state index in [0.717, 1.165) is 44.1 Å². The van der Waals surface area contributed by atoms with Crippen LogP contribution in [0.25, 0.3) is 0 Å². The monoisotopic (exact) mass is 352 g/mol. The first-order chi connectivity index (χ1) is 12.5. The molecule has 26 heavy (non-hydrogen) atoms. The van der Waals surface area contributed by atoms with Crippen molar-refractivity contribution in [1.29, 1.82) is 0 Å². The highest BCUT2D eigenvalue weighted by molar-refractivity contribution is 5.95. The lowest BCUT2D eigenvalue weighted by Gasteiger charge is -2.34. The third kappa shape index (κ3) is 4.05. The minimum atomic E-state index is 0.0641. The van der Waals surface area contributed by atoms with E-state index in [9.17, 15) is 4.79 Å². The van der Waals surface area contributed by atoms with Crippen LogP contribution in [0.5, 0.6) is 0 Å². The number of aryl methyl sites for hydroxylation is 3. The Kier molecular flexibility index (Phi) is 5.57. The number of piperazine rings is 1. The molecule has 2 aromatic rings. The molecule has 1 N–H and O–H groups in total. The van der Waals surface area contributed by atoms with Gasteiger partial charge in [0.05, 0.1) is 17.4 Å². The van der Waals surface area contributed by atoms with E-state index in [-0.39, 0.29) is 5.91 Å². The third-order valence-corrected chi connectivity index (χ3v) is 5.04. The lowest BCUT2D eigenvalue weighted by atomic mass is 10.0. The van der Waals surface area contributed by atoms with E-state index in [1.54, 1.807) is 12.4 Å². The molecular weight excluding hydrogens is 324 g/mol. The van der Waals surface area contributed by atoms with E-state index in [1.165, 1.54) is 16.7 Å². The summed E-state index contributed by atoms with van der Waals surface area (Å²) in [6.07, 6.45) is 3.43. The van der Waals surface area contributed by atoms with Gasteiger partial charge < -0.3 is 15.1 Å². The molecule has 0 aliphatic carbocycles. The number of amides is 1. The van der Waals surface area contributed by atoms with Gasteiger partial charge in [0, 0.05) is 38.1 Å². The molecule has 1 aliphatic heterocycles. The summed E-state index contributed by atoms with van der Waals surface area (Å²) < 4.78 is 0. The van der Waals surface area contributed by atoms with Crippen molar-refractivity contribution < 1.29 is 4.79 Å². The molecular formula is C21H28N4O. The molecule has 0 spiro atoms. The van der Waals surface area contributed by atoms with Gasteiger partial charge in [-0.1, -0.05) is 24.6 Å². The number of carbonyl (C=O) groups excluding carboxylic acids is 1. The summed E-state index contributed by atoms with van der Waals surface area (Å²) in [4.78, 5) is 21.4. The van der Waals surface area contributed by atoms with Crippen LogP contribution in [0.15, 0.2) is 30.6 Å². The molecule has 1 aromatic heterocycles. The van der Waals surface area contributed by atoms with Crippen molar-refractivity contribution in [2.24, 2.45) is 0 Å². The zero-order valence-corrected chi connectivity index (χ0v) is 16.2. The van der Waals surface area contributed by atoms with E-state index in [0.29, 0.717) is 5.56 Å². The molecule has 1 saturated heterocycles. The van der Waals surface area contributed by atoms with Gasteiger partial charge in [-0.2, -0.15) is 0 Å². The van der Waals surface area contributed by atoms with Crippen LogP contribution < -0.4 is 5.32 Å². The smallest absolute Gasteiger partial charge is 0.255 e. The van der Waals surface area contributed by atoms with Crippen LogP contribution in [0.2, 0.25) is 0 Å². The predicted octanol–water partition coefficient (Wildman–Crippen LogP) is 3.53. The summed E-state index contributed by atoms with van der Waals surface area (Å²) in [7, 11) is 0. The Hall–Kier alpha value is -2.40. The summed E-state index contributed by atoms with van der Waals surface area (Å²) in [5, 5.41) is 3.44. The second-order valence-electron chi connectivity index (χ2n) is 7.09. The van der Waals surface area contributed by atoms with Crippen LogP contribution in [0.4, 0.5) is 11.4 Å². The Morgan fingerprint density at radius 1 is 1.04 bits per heavy atom. The van der Waals surface area contributed by atoms with Crippen LogP contribution in [0, 0.1) is 20.8 Å². The molecule has 1 aromatic carbocycles. The van der Waals surface area contributed by atoms with Crippen molar-refractivity contribution in [3.05, 3.63) is 52.8 Å². The summed E-state index contributed by atoms with van der Waals surface area (Å²) >= 11 is 0. The minimum absolute atomic E-state index is 0.0641. The zero-order chi connectivity index (χ0) is 18.7. The molecule has 0 saturated carbocycles. The molecule has 2 heterocycles. The van der Waals surface area contributed by atoms with Gasteiger partial charge in [0.25, 0.3) is 5.91 Å². The fourth-order valence-electron chi connectivity index (χ4n) is 3.60. The first kappa shape index (κ1) is 18.4. The van der Waals surface area contributed by atoms with Crippen molar-refractivity contribution in [2.45, 2.75) is 27.7 Å². The van der Waals surface area contributed by atoms with Crippen LogP contribution in [-0.4, -0.2) is 53.4 Å². The molecule has 5 heteroatoms. The maximum absolute atomic E-state index is 12.8. The van der Waals surface area contributed by atoms with Gasteiger partial charge in [-0.15, -0.1) is 0 Å². The van der Waals surface area contributed by atoms with E-state index in [4.69, 9.17) is 0 Å². The highest BCUT2D eigenvalue weighted by Gasteiger charge is 2.21. The number of likely N-dealkylation sites (N-methyl/N-ethyl adjacent to an activating group) is 1. The van der Waals surface area contributed by atoms with Crippen molar-refractivity contribution in [3.63, 3.8) is 0 Å². The van der Waals surface area contributed by atoms with E-state index >= 15 is 0 Å². The lowest BCUT2D eigenvalue weighted by molar-refractivity contribution is 0.0643. The number of benzene rings is 1. The Labute approximate surface area is 156 Å². The average Bonchev–Trinajstić information content (AvgIpc) is 2.64. The topological polar surface area (TPSA) is 48.5 Å². The van der Waals surface area contributed by atoms with Crippen molar-refractivity contribution in [1.82, 2.24) is 14.8 Å². The normalized spacial score (nSPS) is 15.2. The second-order valence-corrected chi connectivity index (χ2v) is 7.09. The van der Waals surface area contributed by atoms with Crippen LogP contribution in [0.3, 0.4) is 0 Å². The van der Waals surface area contributed by atoms with E-state index in [1.807, 2.05) is 11.0 Å². The molecule has 0 radical (unpaired) electrons. The van der Waals surface area contributed by atoms with E-state index < -0.39 is 0 Å². The maximum atomic E-state index is 12.8. The van der Waals surface area contributed by atoms with Crippen molar-refractivity contribution >= 4 is 17.3 Å². The van der Waals surface area contributed by atoms with Crippen molar-refractivity contribution in [2.75, 3.05) is 38.0 Å². The number of hydrogen-bond donors (Lipinski definition) is 1. The maximum Gasteiger partial charge on any atom is 0.255 e. The van der Waals surface area contributed by atoms with Crippen LogP contribution in [-0.2, 0) is 0 Å². The number of nitrogens with one attached hydrogen (secondary N) is 1. The SMILES string of the molecule is CCN1CCN(C(=O)c2cncc(Nc3c(C)cc(C)cc3C)c2)CC1. The van der Waals surface area contributed by atoms with Crippen LogP contribution >= 0.6 is 0 Å². The minimum Gasteiger partial charge on any atom is -0.354 e. The Morgan fingerprint density at radius 2 is 1.69 bits per heavy atom. The number of hydrogen-bond acceptors (Lipinski definition) is 4. The number of pyridine rings is 1. The van der Waals surface area contributed by atoms with Gasteiger partial charge in [0.1, 0.15) is 0 Å². The molecule has 3 rings (SSSR count). The quantitative estimate of drug-likeness (QED) is 0.914. The number of nitrogens with zero attached hydrogens (tertiary/aromatic N) is 3. The average molecular weight is 352 g/mol. The van der Waals surface area contributed by atoms with Gasteiger partial charge in [-0.3, -0.25) is 9.78 Å². The molecule has 0 unspecified atom stereocenters. The van der Waals surface area contributed by atoms with Gasteiger partial charge in [-0.05, 0) is 44.5 Å². The Morgan fingerprint density at radius 3 is 2.31 bits per heavy atom. The first-order valence-electron chi connectivity index (χ1n) is 9.29. The molecule has 0 atom stereocenters. The van der Waals surface area contributed by atoms with Crippen LogP contribution in [0.1, 0.15) is 34.0 Å². The van der Waals surface area contributed by atoms with E-state index in [2.05, 4.69) is 55.0 Å².